The second kappa shape index (κ2) is 9.50. The number of piperazine rings is 1. The van der Waals surface area contributed by atoms with Crippen LogP contribution in [-0.2, 0) is 23.7 Å². The zero-order chi connectivity index (χ0) is 23.5. The molecule has 3 rings (SSSR count). The molecular weight excluding hydrogens is 436 g/mol. The van der Waals surface area contributed by atoms with E-state index in [-0.39, 0.29) is 5.69 Å². The number of alkyl halides is 6. The van der Waals surface area contributed by atoms with Crippen LogP contribution >= 0.6 is 0 Å². The third kappa shape index (κ3) is 6.01. The smallest absolute Gasteiger partial charge is 0.324 e. The van der Waals surface area contributed by atoms with E-state index in [1.54, 1.807) is 13.0 Å². The van der Waals surface area contributed by atoms with E-state index < -0.39 is 35.4 Å². The number of halogens is 6. The van der Waals surface area contributed by atoms with Gasteiger partial charge in [-0.15, -0.1) is 0 Å². The van der Waals surface area contributed by atoms with Crippen LogP contribution in [0.4, 0.5) is 32.0 Å². The Morgan fingerprint density at radius 3 is 2.22 bits per heavy atom. The first-order valence-corrected chi connectivity index (χ1v) is 10.0. The van der Waals surface area contributed by atoms with Gasteiger partial charge in [0.15, 0.2) is 0 Å². The highest BCUT2D eigenvalue weighted by molar-refractivity contribution is 5.95. The summed E-state index contributed by atoms with van der Waals surface area (Å²) in [4.78, 5) is 16.4. The number of benzene rings is 2. The van der Waals surface area contributed by atoms with Crippen molar-refractivity contribution in [2.75, 3.05) is 31.5 Å². The van der Waals surface area contributed by atoms with Gasteiger partial charge in [-0.2, -0.15) is 26.3 Å². The zero-order valence-corrected chi connectivity index (χ0v) is 17.3. The first-order chi connectivity index (χ1) is 14.9. The standard InChI is InChI=1S/C22H23F6N3O/c1-15(20(32)29-19-8-3-2-7-18(19)22(26,27)28)31-11-9-30(10-12-31)14-16-5-4-6-17(13-16)21(23,24)25/h2-8,13,15H,9-12,14H2,1H3,(H,29,32). The molecule has 1 heterocycles. The van der Waals surface area contributed by atoms with Crippen LogP contribution < -0.4 is 5.32 Å². The largest absolute Gasteiger partial charge is 0.418 e. The molecule has 174 valence electrons. The molecule has 1 fully saturated rings. The van der Waals surface area contributed by atoms with Crippen LogP contribution in [0.25, 0.3) is 0 Å². The fourth-order valence-electron chi connectivity index (χ4n) is 3.66. The van der Waals surface area contributed by atoms with Gasteiger partial charge in [0.2, 0.25) is 5.91 Å². The number of carbonyl (C=O) groups excluding carboxylic acids is 1. The Bertz CT molecular complexity index is 936. The normalized spacial score (nSPS) is 17.2. The number of rotatable bonds is 5. The number of hydrogen-bond donors (Lipinski definition) is 1. The molecule has 1 N–H and O–H groups in total. The van der Waals surface area contributed by atoms with Gasteiger partial charge in [0.05, 0.1) is 22.9 Å². The maximum absolute atomic E-state index is 13.1. The molecule has 0 aliphatic carbocycles. The van der Waals surface area contributed by atoms with Crippen LogP contribution in [0.2, 0.25) is 0 Å². The monoisotopic (exact) mass is 459 g/mol. The minimum Gasteiger partial charge on any atom is -0.324 e. The van der Waals surface area contributed by atoms with Crippen molar-refractivity contribution in [2.45, 2.75) is 31.9 Å². The SMILES string of the molecule is CC(C(=O)Nc1ccccc1C(F)(F)F)N1CCN(Cc2cccc(C(F)(F)F)c2)CC1. The van der Waals surface area contributed by atoms with E-state index in [1.165, 1.54) is 24.3 Å². The number of para-hydroxylation sites is 1. The van der Waals surface area contributed by atoms with Gasteiger partial charge in [-0.05, 0) is 30.7 Å². The second-order valence-electron chi connectivity index (χ2n) is 7.72. The highest BCUT2D eigenvalue weighted by atomic mass is 19.4. The zero-order valence-electron chi connectivity index (χ0n) is 17.3. The number of nitrogens with zero attached hydrogens (tertiary/aromatic N) is 2. The van der Waals surface area contributed by atoms with Crippen molar-refractivity contribution in [1.82, 2.24) is 9.80 Å². The topological polar surface area (TPSA) is 35.6 Å². The lowest BCUT2D eigenvalue weighted by Crippen LogP contribution is -2.52. The Morgan fingerprint density at radius 1 is 0.938 bits per heavy atom. The molecule has 10 heteroatoms. The average molecular weight is 459 g/mol. The molecule has 1 saturated heterocycles. The van der Waals surface area contributed by atoms with Gasteiger partial charge in [0.25, 0.3) is 0 Å². The van der Waals surface area contributed by atoms with Crippen molar-refractivity contribution in [2.24, 2.45) is 0 Å². The van der Waals surface area contributed by atoms with Gasteiger partial charge in [-0.3, -0.25) is 14.6 Å². The van der Waals surface area contributed by atoms with E-state index in [9.17, 15) is 31.1 Å². The molecule has 0 bridgehead atoms. The van der Waals surface area contributed by atoms with Crippen molar-refractivity contribution in [3.63, 3.8) is 0 Å². The first-order valence-electron chi connectivity index (χ1n) is 10.0. The molecule has 2 aromatic carbocycles. The molecule has 0 aromatic heterocycles. The van der Waals surface area contributed by atoms with Crippen LogP contribution in [0.3, 0.4) is 0 Å². The highest BCUT2D eigenvalue weighted by Gasteiger charge is 2.34. The van der Waals surface area contributed by atoms with Crippen LogP contribution in [0.5, 0.6) is 0 Å². The van der Waals surface area contributed by atoms with E-state index in [0.717, 1.165) is 18.2 Å². The molecule has 1 unspecified atom stereocenters. The number of amides is 1. The van der Waals surface area contributed by atoms with E-state index in [4.69, 9.17) is 0 Å². The minimum atomic E-state index is -4.58. The van der Waals surface area contributed by atoms with Crippen molar-refractivity contribution >= 4 is 11.6 Å². The number of hydrogen-bond acceptors (Lipinski definition) is 3. The quantitative estimate of drug-likeness (QED) is 0.649. The molecule has 4 nitrogen and oxygen atoms in total. The van der Waals surface area contributed by atoms with Gasteiger partial charge in [-0.1, -0.05) is 30.3 Å². The van der Waals surface area contributed by atoms with Crippen molar-refractivity contribution < 1.29 is 31.1 Å². The van der Waals surface area contributed by atoms with Gasteiger partial charge in [0.1, 0.15) is 0 Å². The molecule has 1 aliphatic heterocycles. The maximum atomic E-state index is 13.1. The van der Waals surface area contributed by atoms with Crippen molar-refractivity contribution in [3.8, 4) is 0 Å². The summed E-state index contributed by atoms with van der Waals surface area (Å²) in [7, 11) is 0. The summed E-state index contributed by atoms with van der Waals surface area (Å²) in [6.45, 7) is 3.94. The van der Waals surface area contributed by atoms with Crippen LogP contribution in [-0.4, -0.2) is 47.9 Å². The molecule has 0 spiro atoms. The summed E-state index contributed by atoms with van der Waals surface area (Å²) in [5.74, 6) is -0.548. The molecule has 1 aliphatic rings. The highest BCUT2D eigenvalue weighted by Crippen LogP contribution is 2.34. The fraction of sp³-hybridized carbons (Fsp3) is 0.409. The van der Waals surface area contributed by atoms with Gasteiger partial charge in [-0.25, -0.2) is 0 Å². The van der Waals surface area contributed by atoms with Gasteiger partial charge >= 0.3 is 12.4 Å². The van der Waals surface area contributed by atoms with Crippen molar-refractivity contribution in [3.05, 3.63) is 65.2 Å². The van der Waals surface area contributed by atoms with E-state index in [2.05, 4.69) is 5.32 Å². The van der Waals surface area contributed by atoms with E-state index in [0.29, 0.717) is 38.3 Å². The molecule has 2 aromatic rings. The summed E-state index contributed by atoms with van der Waals surface area (Å²) in [6.07, 6.45) is -8.98. The average Bonchev–Trinajstić information content (AvgIpc) is 2.73. The first kappa shape index (κ1) is 24.1. The maximum Gasteiger partial charge on any atom is 0.418 e. The lowest BCUT2D eigenvalue weighted by Gasteiger charge is -2.37. The van der Waals surface area contributed by atoms with Crippen LogP contribution in [0.15, 0.2) is 48.5 Å². The molecule has 1 atom stereocenters. The fourth-order valence-corrected chi connectivity index (χ4v) is 3.66. The Balaban J connectivity index is 1.56. The third-order valence-corrected chi connectivity index (χ3v) is 5.48. The minimum absolute atomic E-state index is 0.292. The van der Waals surface area contributed by atoms with E-state index in [1.807, 2.05) is 9.80 Å². The number of nitrogens with one attached hydrogen (secondary N) is 1. The summed E-state index contributed by atoms with van der Waals surface area (Å²) in [6, 6.07) is 9.29. The summed E-state index contributed by atoms with van der Waals surface area (Å²) < 4.78 is 78.1. The lowest BCUT2D eigenvalue weighted by atomic mass is 10.1. The van der Waals surface area contributed by atoms with E-state index >= 15 is 0 Å². The predicted octanol–water partition coefficient (Wildman–Crippen LogP) is 4.87. The summed E-state index contributed by atoms with van der Waals surface area (Å²) in [5.41, 5.74) is -1.35. The molecule has 0 radical (unpaired) electrons. The molecular formula is C22H23F6N3O. The third-order valence-electron chi connectivity index (χ3n) is 5.48. The number of carbonyl (C=O) groups is 1. The van der Waals surface area contributed by atoms with Crippen LogP contribution in [0.1, 0.15) is 23.6 Å². The lowest BCUT2D eigenvalue weighted by molar-refractivity contribution is -0.138. The molecule has 0 saturated carbocycles. The predicted molar refractivity (Wildman–Crippen MR) is 108 cm³/mol. The summed E-state index contributed by atoms with van der Waals surface area (Å²) >= 11 is 0. The Kier molecular flexibility index (Phi) is 7.14. The van der Waals surface area contributed by atoms with Gasteiger partial charge < -0.3 is 5.32 Å². The Morgan fingerprint density at radius 2 is 1.59 bits per heavy atom. The van der Waals surface area contributed by atoms with Gasteiger partial charge in [0, 0.05) is 32.7 Å². The van der Waals surface area contributed by atoms with Crippen molar-refractivity contribution in [1.29, 1.82) is 0 Å². The molecule has 32 heavy (non-hydrogen) atoms. The summed E-state index contributed by atoms with van der Waals surface area (Å²) in [5, 5.41) is 2.36. The Labute approximate surface area is 181 Å². The number of anilines is 1. The second-order valence-corrected chi connectivity index (χ2v) is 7.72. The van der Waals surface area contributed by atoms with Crippen LogP contribution in [0, 0.1) is 0 Å². The Hall–Kier alpha value is -2.59. The molecule has 1 amide bonds.